The lowest BCUT2D eigenvalue weighted by molar-refractivity contribution is 0.527. The summed E-state index contributed by atoms with van der Waals surface area (Å²) in [6.45, 7) is 3.22. The van der Waals surface area contributed by atoms with Crippen LogP contribution in [0.3, 0.4) is 0 Å². The van der Waals surface area contributed by atoms with Crippen molar-refractivity contribution >= 4 is 22.7 Å². The molecule has 0 saturated heterocycles. The number of hydrogen-bond donors (Lipinski definition) is 1. The Labute approximate surface area is 105 Å². The van der Waals surface area contributed by atoms with Crippen molar-refractivity contribution in [1.29, 1.82) is 0 Å². The van der Waals surface area contributed by atoms with Gasteiger partial charge in [0.1, 0.15) is 0 Å². The molecular weight excluding hydrogens is 234 g/mol. The van der Waals surface area contributed by atoms with E-state index in [1.165, 1.54) is 9.75 Å². The van der Waals surface area contributed by atoms with Crippen molar-refractivity contribution in [3.05, 3.63) is 44.8 Å². The lowest BCUT2D eigenvalue weighted by Gasteiger charge is -2.16. The van der Waals surface area contributed by atoms with Crippen LogP contribution in [0.5, 0.6) is 0 Å². The monoisotopic (exact) mass is 251 g/mol. The summed E-state index contributed by atoms with van der Waals surface area (Å²) < 4.78 is 0. The second kappa shape index (κ2) is 6.18. The molecule has 0 saturated carbocycles. The largest absolute Gasteiger partial charge is 0.314 e. The van der Waals surface area contributed by atoms with Crippen molar-refractivity contribution in [2.24, 2.45) is 0 Å². The van der Waals surface area contributed by atoms with E-state index >= 15 is 0 Å². The average molecular weight is 251 g/mol. The van der Waals surface area contributed by atoms with Crippen LogP contribution in [-0.2, 0) is 12.8 Å². The Bertz CT molecular complexity index is 342. The van der Waals surface area contributed by atoms with Gasteiger partial charge in [0, 0.05) is 15.8 Å². The van der Waals surface area contributed by atoms with Gasteiger partial charge in [-0.15, -0.1) is 22.7 Å². The molecule has 0 bridgehead atoms. The van der Waals surface area contributed by atoms with Gasteiger partial charge in [0.15, 0.2) is 0 Å². The van der Waals surface area contributed by atoms with Crippen molar-refractivity contribution in [3.63, 3.8) is 0 Å². The highest BCUT2D eigenvalue weighted by molar-refractivity contribution is 7.10. The fraction of sp³-hybridized carbons (Fsp3) is 0.385. The third-order valence-electron chi connectivity index (χ3n) is 2.55. The first-order chi connectivity index (χ1) is 7.88. The number of hydrogen-bond acceptors (Lipinski definition) is 3. The highest BCUT2D eigenvalue weighted by Gasteiger charge is 2.10. The van der Waals surface area contributed by atoms with Gasteiger partial charge in [-0.05, 0) is 42.3 Å². The van der Waals surface area contributed by atoms with Crippen LogP contribution in [0.4, 0.5) is 0 Å². The smallest absolute Gasteiger partial charge is 0.0163 e. The van der Waals surface area contributed by atoms with Gasteiger partial charge in [-0.3, -0.25) is 0 Å². The summed E-state index contributed by atoms with van der Waals surface area (Å²) in [6.07, 6.45) is 2.28. The molecule has 0 amide bonds. The molecule has 86 valence electrons. The van der Waals surface area contributed by atoms with Gasteiger partial charge in [0.2, 0.25) is 0 Å². The minimum atomic E-state index is 0.572. The topological polar surface area (TPSA) is 12.0 Å². The first-order valence-corrected chi connectivity index (χ1v) is 7.42. The van der Waals surface area contributed by atoms with E-state index in [9.17, 15) is 0 Å². The molecular formula is C13H17NS2. The Morgan fingerprint density at radius 2 is 1.62 bits per heavy atom. The maximum absolute atomic E-state index is 3.57. The molecule has 0 aliphatic heterocycles. The SMILES string of the molecule is CCNC(Cc1cccs1)Cc1cccs1. The van der Waals surface area contributed by atoms with E-state index < -0.39 is 0 Å². The van der Waals surface area contributed by atoms with E-state index in [0.717, 1.165) is 19.4 Å². The van der Waals surface area contributed by atoms with Crippen LogP contribution in [0.2, 0.25) is 0 Å². The summed E-state index contributed by atoms with van der Waals surface area (Å²) in [6, 6.07) is 9.29. The Morgan fingerprint density at radius 1 is 1.06 bits per heavy atom. The quantitative estimate of drug-likeness (QED) is 0.827. The zero-order valence-corrected chi connectivity index (χ0v) is 11.1. The van der Waals surface area contributed by atoms with E-state index in [4.69, 9.17) is 0 Å². The molecule has 0 fully saturated rings. The van der Waals surface area contributed by atoms with Crippen molar-refractivity contribution in [1.82, 2.24) is 5.32 Å². The van der Waals surface area contributed by atoms with Gasteiger partial charge in [-0.1, -0.05) is 19.1 Å². The predicted molar refractivity (Wildman–Crippen MR) is 73.5 cm³/mol. The van der Waals surface area contributed by atoms with Gasteiger partial charge in [0.25, 0.3) is 0 Å². The maximum atomic E-state index is 3.57. The molecule has 0 aliphatic carbocycles. The van der Waals surface area contributed by atoms with Crippen molar-refractivity contribution in [3.8, 4) is 0 Å². The van der Waals surface area contributed by atoms with E-state index in [-0.39, 0.29) is 0 Å². The highest BCUT2D eigenvalue weighted by Crippen LogP contribution is 2.16. The number of rotatable bonds is 6. The average Bonchev–Trinajstić information content (AvgIpc) is 2.91. The summed E-state index contributed by atoms with van der Waals surface area (Å²) in [7, 11) is 0. The van der Waals surface area contributed by atoms with Gasteiger partial charge >= 0.3 is 0 Å². The second-order valence-electron chi connectivity index (χ2n) is 3.82. The van der Waals surface area contributed by atoms with Crippen molar-refractivity contribution in [2.75, 3.05) is 6.54 Å². The highest BCUT2D eigenvalue weighted by atomic mass is 32.1. The fourth-order valence-corrected chi connectivity index (χ4v) is 3.42. The van der Waals surface area contributed by atoms with Crippen LogP contribution in [0.1, 0.15) is 16.7 Å². The number of likely N-dealkylation sites (N-methyl/N-ethyl adjacent to an activating group) is 1. The minimum absolute atomic E-state index is 0.572. The molecule has 0 radical (unpaired) electrons. The summed E-state index contributed by atoms with van der Waals surface area (Å²) in [5, 5.41) is 7.88. The first-order valence-electron chi connectivity index (χ1n) is 5.66. The molecule has 2 heterocycles. The van der Waals surface area contributed by atoms with E-state index in [1.54, 1.807) is 0 Å². The van der Waals surface area contributed by atoms with E-state index in [2.05, 4.69) is 47.3 Å². The molecule has 0 unspecified atom stereocenters. The molecule has 2 rings (SSSR count). The summed E-state index contributed by atoms with van der Waals surface area (Å²) in [5.74, 6) is 0. The fourth-order valence-electron chi connectivity index (χ4n) is 1.85. The second-order valence-corrected chi connectivity index (χ2v) is 5.89. The summed E-state index contributed by atoms with van der Waals surface area (Å²) >= 11 is 3.71. The maximum Gasteiger partial charge on any atom is 0.0163 e. The molecule has 1 N–H and O–H groups in total. The van der Waals surface area contributed by atoms with E-state index in [1.807, 2.05) is 22.7 Å². The third-order valence-corrected chi connectivity index (χ3v) is 4.35. The van der Waals surface area contributed by atoms with E-state index in [0.29, 0.717) is 6.04 Å². The molecule has 3 heteroatoms. The first kappa shape index (κ1) is 11.8. The standard InChI is InChI=1S/C13H17NS2/c1-2-14-11(9-12-5-3-7-15-12)10-13-6-4-8-16-13/h3-8,11,14H,2,9-10H2,1H3. The predicted octanol–water partition coefficient (Wildman–Crippen LogP) is 3.57. The molecule has 0 spiro atoms. The van der Waals surface area contributed by atoms with Gasteiger partial charge < -0.3 is 5.32 Å². The number of nitrogens with one attached hydrogen (secondary N) is 1. The van der Waals surface area contributed by atoms with Crippen LogP contribution in [0.25, 0.3) is 0 Å². The third kappa shape index (κ3) is 3.44. The molecule has 0 aromatic carbocycles. The summed E-state index contributed by atoms with van der Waals surface area (Å²) in [4.78, 5) is 2.95. The molecule has 2 aromatic heterocycles. The molecule has 1 nitrogen and oxygen atoms in total. The zero-order valence-electron chi connectivity index (χ0n) is 9.48. The molecule has 2 aromatic rings. The van der Waals surface area contributed by atoms with Crippen molar-refractivity contribution in [2.45, 2.75) is 25.8 Å². The zero-order chi connectivity index (χ0) is 11.2. The van der Waals surface area contributed by atoms with Crippen LogP contribution >= 0.6 is 22.7 Å². The lowest BCUT2D eigenvalue weighted by Crippen LogP contribution is -2.32. The normalized spacial score (nSPS) is 11.1. The lowest BCUT2D eigenvalue weighted by atomic mass is 10.1. The van der Waals surface area contributed by atoms with Crippen LogP contribution < -0.4 is 5.32 Å². The molecule has 0 atom stereocenters. The Morgan fingerprint density at radius 3 is 2.00 bits per heavy atom. The van der Waals surface area contributed by atoms with Gasteiger partial charge in [-0.25, -0.2) is 0 Å². The van der Waals surface area contributed by atoms with Crippen LogP contribution in [0, 0.1) is 0 Å². The van der Waals surface area contributed by atoms with Gasteiger partial charge in [0.05, 0.1) is 0 Å². The molecule has 16 heavy (non-hydrogen) atoms. The van der Waals surface area contributed by atoms with Gasteiger partial charge in [-0.2, -0.15) is 0 Å². The Kier molecular flexibility index (Phi) is 4.57. The Hall–Kier alpha value is -0.640. The minimum Gasteiger partial charge on any atom is -0.314 e. The van der Waals surface area contributed by atoms with Crippen LogP contribution in [0.15, 0.2) is 35.0 Å². The summed E-state index contributed by atoms with van der Waals surface area (Å²) in [5.41, 5.74) is 0. The van der Waals surface area contributed by atoms with Crippen molar-refractivity contribution < 1.29 is 0 Å². The molecule has 0 aliphatic rings. The number of thiophene rings is 2. The van der Waals surface area contributed by atoms with Crippen LogP contribution in [-0.4, -0.2) is 12.6 Å². The Balaban J connectivity index is 1.94.